The highest BCUT2D eigenvalue weighted by atomic mass is 19.4. The first-order valence-electron chi connectivity index (χ1n) is 10.8. The SMILES string of the molecule is O=C(COc1ccc(OC(F)(F)F)cc1)NCc1nc(C(=O)NCCc2c[nH]c3ccccc23)co1. The van der Waals surface area contributed by atoms with Gasteiger partial charge in [0.2, 0.25) is 5.89 Å². The zero-order chi connectivity index (χ0) is 25.5. The number of hydrogen-bond donors (Lipinski definition) is 3. The number of oxazole rings is 1. The number of carbonyl (C=O) groups excluding carboxylic acids is 2. The molecule has 2 amide bonds. The Labute approximate surface area is 202 Å². The molecule has 0 fully saturated rings. The maximum Gasteiger partial charge on any atom is 0.573 e. The Balaban J connectivity index is 1.17. The summed E-state index contributed by atoms with van der Waals surface area (Å²) in [5.74, 6) is -1.02. The van der Waals surface area contributed by atoms with Gasteiger partial charge >= 0.3 is 6.36 Å². The minimum absolute atomic E-state index is 0.0793. The quantitative estimate of drug-likeness (QED) is 0.304. The molecule has 36 heavy (non-hydrogen) atoms. The number of fused-ring (bicyclic) bond motifs is 1. The first-order chi connectivity index (χ1) is 17.3. The van der Waals surface area contributed by atoms with Gasteiger partial charge in [-0.05, 0) is 42.3 Å². The molecular formula is C24H21F3N4O5. The Kier molecular flexibility index (Phi) is 7.42. The van der Waals surface area contributed by atoms with E-state index in [0.29, 0.717) is 13.0 Å². The Morgan fingerprint density at radius 2 is 1.78 bits per heavy atom. The van der Waals surface area contributed by atoms with Crippen molar-refractivity contribution in [1.29, 1.82) is 0 Å². The second-order valence-electron chi connectivity index (χ2n) is 7.58. The molecule has 2 aromatic carbocycles. The molecule has 9 nitrogen and oxygen atoms in total. The van der Waals surface area contributed by atoms with Crippen molar-refractivity contribution in [2.45, 2.75) is 19.3 Å². The number of nitrogens with one attached hydrogen (secondary N) is 3. The molecule has 0 atom stereocenters. The van der Waals surface area contributed by atoms with Gasteiger partial charge in [-0.1, -0.05) is 18.2 Å². The van der Waals surface area contributed by atoms with Crippen LogP contribution in [0.1, 0.15) is 21.9 Å². The highest BCUT2D eigenvalue weighted by molar-refractivity contribution is 5.92. The molecule has 0 spiro atoms. The number of rotatable bonds is 10. The predicted molar refractivity (Wildman–Crippen MR) is 121 cm³/mol. The van der Waals surface area contributed by atoms with Gasteiger partial charge in [0.05, 0.1) is 6.54 Å². The highest BCUT2D eigenvalue weighted by Gasteiger charge is 2.31. The summed E-state index contributed by atoms with van der Waals surface area (Å²) >= 11 is 0. The number of halogens is 3. The molecule has 0 aliphatic rings. The van der Waals surface area contributed by atoms with Gasteiger partial charge in [-0.15, -0.1) is 13.2 Å². The lowest BCUT2D eigenvalue weighted by atomic mass is 10.1. The number of amides is 2. The molecule has 2 heterocycles. The number of para-hydroxylation sites is 1. The van der Waals surface area contributed by atoms with E-state index in [1.807, 2.05) is 30.5 Å². The molecule has 12 heteroatoms. The van der Waals surface area contributed by atoms with Crippen LogP contribution in [0, 0.1) is 0 Å². The fourth-order valence-electron chi connectivity index (χ4n) is 3.35. The number of H-pyrrole nitrogens is 1. The summed E-state index contributed by atoms with van der Waals surface area (Å²) in [5, 5.41) is 6.39. The van der Waals surface area contributed by atoms with Crippen molar-refractivity contribution in [1.82, 2.24) is 20.6 Å². The van der Waals surface area contributed by atoms with Gasteiger partial charge in [0.25, 0.3) is 11.8 Å². The van der Waals surface area contributed by atoms with Gasteiger partial charge < -0.3 is 29.5 Å². The van der Waals surface area contributed by atoms with Gasteiger partial charge in [0, 0.05) is 23.6 Å². The number of benzene rings is 2. The number of nitrogens with zero attached hydrogens (tertiary/aromatic N) is 1. The van der Waals surface area contributed by atoms with E-state index >= 15 is 0 Å². The lowest BCUT2D eigenvalue weighted by molar-refractivity contribution is -0.274. The Morgan fingerprint density at radius 3 is 2.56 bits per heavy atom. The number of aromatic amines is 1. The molecule has 4 aromatic rings. The molecule has 188 valence electrons. The molecule has 2 aromatic heterocycles. The topological polar surface area (TPSA) is 118 Å². The van der Waals surface area contributed by atoms with Crippen LogP contribution in [0.5, 0.6) is 11.5 Å². The monoisotopic (exact) mass is 502 g/mol. The van der Waals surface area contributed by atoms with Crippen LogP contribution in [0.4, 0.5) is 13.2 Å². The zero-order valence-corrected chi connectivity index (χ0v) is 18.7. The smallest absolute Gasteiger partial charge is 0.484 e. The van der Waals surface area contributed by atoms with Gasteiger partial charge in [-0.2, -0.15) is 0 Å². The normalized spacial score (nSPS) is 11.3. The summed E-state index contributed by atoms with van der Waals surface area (Å²) in [6, 6.07) is 12.5. The van der Waals surface area contributed by atoms with Gasteiger partial charge in [-0.25, -0.2) is 4.98 Å². The molecule has 3 N–H and O–H groups in total. The van der Waals surface area contributed by atoms with E-state index < -0.39 is 23.9 Å². The summed E-state index contributed by atoms with van der Waals surface area (Å²) in [7, 11) is 0. The minimum Gasteiger partial charge on any atom is -0.484 e. The molecule has 0 aliphatic carbocycles. The maximum atomic E-state index is 12.3. The maximum absolute atomic E-state index is 12.3. The number of hydrogen-bond acceptors (Lipinski definition) is 6. The summed E-state index contributed by atoms with van der Waals surface area (Å²) in [4.78, 5) is 31.5. The van der Waals surface area contributed by atoms with Gasteiger partial charge in [0.1, 0.15) is 17.8 Å². The van der Waals surface area contributed by atoms with Crippen LogP contribution in [0.15, 0.2) is 65.4 Å². The molecule has 4 rings (SSSR count). The van der Waals surface area contributed by atoms with Gasteiger partial charge in [0.15, 0.2) is 12.3 Å². The second kappa shape index (κ2) is 10.8. The van der Waals surface area contributed by atoms with Crippen molar-refractivity contribution in [3.63, 3.8) is 0 Å². The number of alkyl halides is 3. The molecule has 0 radical (unpaired) electrons. The van der Waals surface area contributed by atoms with E-state index in [9.17, 15) is 22.8 Å². The van der Waals surface area contributed by atoms with E-state index in [4.69, 9.17) is 9.15 Å². The Bertz CT molecular complexity index is 1330. The number of carbonyl (C=O) groups is 2. The van der Waals surface area contributed by atoms with Crippen LogP contribution >= 0.6 is 0 Å². The van der Waals surface area contributed by atoms with Crippen molar-refractivity contribution in [2.24, 2.45) is 0 Å². The molecule has 0 unspecified atom stereocenters. The lowest BCUT2D eigenvalue weighted by Gasteiger charge is -2.10. The molecule has 0 bridgehead atoms. The van der Waals surface area contributed by atoms with Crippen molar-refractivity contribution < 1.29 is 36.7 Å². The minimum atomic E-state index is -4.79. The largest absolute Gasteiger partial charge is 0.573 e. The Hall–Kier alpha value is -4.48. The van der Waals surface area contributed by atoms with Crippen molar-refractivity contribution in [2.75, 3.05) is 13.2 Å². The van der Waals surface area contributed by atoms with E-state index in [1.165, 1.54) is 18.4 Å². The Morgan fingerprint density at radius 1 is 1.03 bits per heavy atom. The van der Waals surface area contributed by atoms with Crippen LogP contribution in [0.3, 0.4) is 0 Å². The molecule has 0 saturated carbocycles. The second-order valence-corrected chi connectivity index (χ2v) is 7.58. The number of ether oxygens (including phenoxy) is 2. The third kappa shape index (κ3) is 6.78. The van der Waals surface area contributed by atoms with Crippen LogP contribution in [0.2, 0.25) is 0 Å². The van der Waals surface area contributed by atoms with Crippen molar-refractivity contribution in [3.8, 4) is 11.5 Å². The third-order valence-electron chi connectivity index (χ3n) is 5.00. The first-order valence-corrected chi connectivity index (χ1v) is 10.8. The summed E-state index contributed by atoms with van der Waals surface area (Å²) in [5.41, 5.74) is 2.19. The zero-order valence-electron chi connectivity index (χ0n) is 18.7. The fourth-order valence-corrected chi connectivity index (χ4v) is 3.35. The highest BCUT2D eigenvalue weighted by Crippen LogP contribution is 2.24. The van der Waals surface area contributed by atoms with Crippen LogP contribution in [-0.2, 0) is 17.8 Å². The van der Waals surface area contributed by atoms with E-state index in [0.717, 1.165) is 28.6 Å². The average Bonchev–Trinajstić information content (AvgIpc) is 3.49. The van der Waals surface area contributed by atoms with E-state index in [-0.39, 0.29) is 30.5 Å². The van der Waals surface area contributed by atoms with Crippen LogP contribution in [0.25, 0.3) is 10.9 Å². The average molecular weight is 502 g/mol. The molecule has 0 aliphatic heterocycles. The standard InChI is InChI=1S/C24H21F3N4O5/c25-24(26,27)36-17-7-5-16(6-8-17)34-14-21(32)30-12-22-31-20(13-35-22)23(33)28-10-9-15-11-29-19-4-2-1-3-18(15)19/h1-8,11,13,29H,9-10,12,14H2,(H,28,33)(H,30,32). The third-order valence-corrected chi connectivity index (χ3v) is 5.00. The van der Waals surface area contributed by atoms with Crippen molar-refractivity contribution >= 4 is 22.7 Å². The van der Waals surface area contributed by atoms with E-state index in [2.05, 4.69) is 25.3 Å². The summed E-state index contributed by atoms with van der Waals surface area (Å²) in [6.07, 6.45) is -1.05. The first kappa shape index (κ1) is 24.6. The summed E-state index contributed by atoms with van der Waals surface area (Å²) < 4.78 is 50.7. The number of aromatic nitrogens is 2. The molecular weight excluding hydrogens is 481 g/mol. The van der Waals surface area contributed by atoms with Crippen molar-refractivity contribution in [3.05, 3.63) is 78.1 Å². The van der Waals surface area contributed by atoms with Crippen LogP contribution in [-0.4, -0.2) is 41.3 Å². The van der Waals surface area contributed by atoms with Crippen LogP contribution < -0.4 is 20.1 Å². The lowest BCUT2D eigenvalue weighted by Crippen LogP contribution is -2.29. The van der Waals surface area contributed by atoms with Gasteiger partial charge in [-0.3, -0.25) is 9.59 Å². The molecule has 0 saturated heterocycles. The summed E-state index contributed by atoms with van der Waals surface area (Å²) in [6.45, 7) is -0.0647. The fraction of sp³-hybridized carbons (Fsp3) is 0.208. The predicted octanol–water partition coefficient (Wildman–Crippen LogP) is 3.72. The van der Waals surface area contributed by atoms with E-state index in [1.54, 1.807) is 0 Å².